The van der Waals surface area contributed by atoms with Gasteiger partial charge >= 0.3 is 0 Å². The number of amides is 1. The van der Waals surface area contributed by atoms with E-state index in [9.17, 15) is 4.79 Å². The molecule has 2 aromatic heterocycles. The average molecular weight is 464 g/mol. The first-order valence-corrected chi connectivity index (χ1v) is 11.3. The highest BCUT2D eigenvalue weighted by atomic mass is 35.5. The number of nitrogens with zero attached hydrogens (tertiary/aromatic N) is 3. The zero-order valence-corrected chi connectivity index (χ0v) is 18.8. The minimum absolute atomic E-state index is 0. The van der Waals surface area contributed by atoms with Crippen LogP contribution in [0.5, 0.6) is 5.75 Å². The largest absolute Gasteiger partial charge is 0.487 e. The summed E-state index contributed by atoms with van der Waals surface area (Å²) in [6.45, 7) is 1.90. The van der Waals surface area contributed by atoms with Gasteiger partial charge in [0.15, 0.2) is 5.82 Å². The van der Waals surface area contributed by atoms with Crippen molar-refractivity contribution < 1.29 is 11.0 Å². The molecule has 0 saturated carbocycles. The Hall–Kier alpha value is -3.58. The summed E-state index contributed by atoms with van der Waals surface area (Å²) in [6, 6.07) is 19.3. The van der Waals surface area contributed by atoms with Crippen LogP contribution in [0.4, 0.5) is 5.82 Å². The highest BCUT2D eigenvalue weighted by Crippen LogP contribution is 2.32. The van der Waals surface area contributed by atoms with Gasteiger partial charge in [-0.25, -0.2) is 9.97 Å². The second kappa shape index (κ2) is 9.11. The predicted molar refractivity (Wildman–Crippen MR) is 131 cm³/mol. The lowest BCUT2D eigenvalue weighted by Gasteiger charge is -2.19. The van der Waals surface area contributed by atoms with E-state index in [0.29, 0.717) is 29.6 Å². The number of carbonyl (C=O) groups excluding carboxylic acids is 1. The van der Waals surface area contributed by atoms with Crippen molar-refractivity contribution in [2.75, 3.05) is 18.0 Å². The van der Waals surface area contributed by atoms with Gasteiger partial charge in [0.1, 0.15) is 23.8 Å². The van der Waals surface area contributed by atoms with Gasteiger partial charge in [0.2, 0.25) is 5.91 Å². The van der Waals surface area contributed by atoms with Crippen LogP contribution in [-0.2, 0) is 11.4 Å². The summed E-state index contributed by atoms with van der Waals surface area (Å²) in [7, 11) is 0. The molecule has 2 aromatic carbocycles. The Balaban J connectivity index is 0.00000274. The van der Waals surface area contributed by atoms with Crippen LogP contribution in [0.1, 0.15) is 20.0 Å². The molecule has 1 atom stereocenters. The number of hydrogen-bond donors (Lipinski definition) is 2. The van der Waals surface area contributed by atoms with E-state index in [-0.39, 0.29) is 13.3 Å². The third-order valence-electron chi connectivity index (χ3n) is 5.82. The van der Waals surface area contributed by atoms with Gasteiger partial charge in [0.05, 0.1) is 11.1 Å². The molecule has 1 unspecified atom stereocenters. The molecule has 0 spiro atoms. The van der Waals surface area contributed by atoms with E-state index >= 15 is 0 Å². The Morgan fingerprint density at radius 2 is 2.03 bits per heavy atom. The van der Waals surface area contributed by atoms with Crippen LogP contribution in [0.3, 0.4) is 0 Å². The second-order valence-corrected chi connectivity index (χ2v) is 8.75. The summed E-state index contributed by atoms with van der Waals surface area (Å²) in [4.78, 5) is 26.7. The fourth-order valence-corrected chi connectivity index (χ4v) is 4.46. The zero-order valence-electron chi connectivity index (χ0n) is 18.0. The molecule has 4 aromatic rings. The van der Waals surface area contributed by atoms with Gasteiger partial charge in [-0.05, 0) is 36.6 Å². The molecule has 7 nitrogen and oxygen atoms in total. The number of primary amides is 1. The summed E-state index contributed by atoms with van der Waals surface area (Å²) in [5.74, 6) is 2.18. The van der Waals surface area contributed by atoms with Gasteiger partial charge in [-0.1, -0.05) is 48.0 Å². The first kappa shape index (κ1) is 21.3. The second-order valence-electron chi connectivity index (χ2n) is 8.31. The Morgan fingerprint density at radius 1 is 1.18 bits per heavy atom. The summed E-state index contributed by atoms with van der Waals surface area (Å²) in [6.07, 6.45) is 1.30. The number of nitrogens with one attached hydrogen (secondary N) is 1. The number of anilines is 1. The third-order valence-corrected chi connectivity index (χ3v) is 6.06. The number of rotatable bonds is 7. The molecule has 0 bridgehead atoms. The predicted octanol–water partition coefficient (Wildman–Crippen LogP) is 4.81. The molecular weight excluding hydrogens is 438 g/mol. The molecule has 1 aliphatic heterocycles. The van der Waals surface area contributed by atoms with Crippen molar-refractivity contribution in [3.63, 3.8) is 0 Å². The first-order valence-electron chi connectivity index (χ1n) is 10.9. The maximum absolute atomic E-state index is 11.4. The number of nitrogens with two attached hydrogens (primary N) is 1. The van der Waals surface area contributed by atoms with Crippen LogP contribution in [0.15, 0.2) is 60.7 Å². The van der Waals surface area contributed by atoms with Crippen molar-refractivity contribution in [3.05, 3.63) is 71.4 Å². The quantitative estimate of drug-likeness (QED) is 0.410. The number of aromatic nitrogens is 3. The van der Waals surface area contributed by atoms with Crippen LogP contribution in [0.25, 0.3) is 22.4 Å². The normalized spacial score (nSPS) is 15.8. The summed E-state index contributed by atoms with van der Waals surface area (Å²) in [5.41, 5.74) is 8.01. The molecule has 0 aliphatic carbocycles. The topological polar surface area (TPSA) is 97.1 Å². The molecule has 0 radical (unpaired) electrons. The molecular formula is C25H26ClN5O2. The lowest BCUT2D eigenvalue weighted by Crippen LogP contribution is -2.23. The smallest absolute Gasteiger partial charge is 0.217 e. The van der Waals surface area contributed by atoms with Gasteiger partial charge < -0.3 is 20.4 Å². The molecule has 8 heteroatoms. The van der Waals surface area contributed by atoms with Crippen LogP contribution < -0.4 is 15.4 Å². The molecule has 33 heavy (non-hydrogen) atoms. The summed E-state index contributed by atoms with van der Waals surface area (Å²) >= 11 is 6.06. The van der Waals surface area contributed by atoms with Crippen LogP contribution in [-0.4, -0.2) is 33.9 Å². The fraction of sp³-hybridized carbons (Fsp3) is 0.240. The van der Waals surface area contributed by atoms with Crippen molar-refractivity contribution in [1.82, 2.24) is 15.0 Å². The highest BCUT2D eigenvalue weighted by Gasteiger charge is 2.27. The zero-order chi connectivity index (χ0) is 22.8. The number of benzene rings is 2. The van der Waals surface area contributed by atoms with Gasteiger partial charge in [-0.15, -0.1) is 0 Å². The van der Waals surface area contributed by atoms with E-state index < -0.39 is 0 Å². The Labute approximate surface area is 198 Å². The number of H-pyrrole nitrogens is 1. The molecule has 170 valence electrons. The summed E-state index contributed by atoms with van der Waals surface area (Å²) < 4.78 is 5.91. The number of aromatic amines is 1. The minimum Gasteiger partial charge on any atom is -0.487 e. The van der Waals surface area contributed by atoms with Crippen molar-refractivity contribution in [3.8, 4) is 17.1 Å². The number of hydrogen-bond acceptors (Lipinski definition) is 5. The SMILES string of the molecule is NC(=O)CC1CCN(c2nc(-c3ccccc3)nc3[nH]c(COc4cccc(Cl)c4)cc23)C1.[HH]. The summed E-state index contributed by atoms with van der Waals surface area (Å²) in [5, 5.41) is 1.56. The number of fused-ring (bicyclic) bond motifs is 1. The Bertz CT molecular complexity index is 1300. The van der Waals surface area contributed by atoms with Gasteiger partial charge in [0.25, 0.3) is 0 Å². The Kier molecular flexibility index (Phi) is 5.88. The van der Waals surface area contributed by atoms with Crippen molar-refractivity contribution in [2.24, 2.45) is 11.7 Å². The van der Waals surface area contributed by atoms with E-state index in [1.54, 1.807) is 6.07 Å². The molecule has 3 heterocycles. The average Bonchev–Trinajstić information content (AvgIpc) is 3.44. The van der Waals surface area contributed by atoms with E-state index in [1.807, 2.05) is 54.6 Å². The number of carbonyl (C=O) groups is 1. The minimum atomic E-state index is -0.262. The van der Waals surface area contributed by atoms with E-state index in [4.69, 9.17) is 32.0 Å². The third kappa shape index (κ3) is 4.78. The van der Waals surface area contributed by atoms with Crippen LogP contribution in [0, 0.1) is 5.92 Å². The fourth-order valence-electron chi connectivity index (χ4n) is 4.28. The van der Waals surface area contributed by atoms with Gasteiger partial charge in [0, 0.05) is 31.5 Å². The van der Waals surface area contributed by atoms with Crippen LogP contribution in [0.2, 0.25) is 5.02 Å². The lowest BCUT2D eigenvalue weighted by atomic mass is 10.1. The molecule has 1 fully saturated rings. The van der Waals surface area contributed by atoms with Crippen molar-refractivity contribution in [1.29, 1.82) is 0 Å². The monoisotopic (exact) mass is 463 g/mol. The number of ether oxygens (including phenoxy) is 1. The molecule has 5 rings (SSSR count). The maximum atomic E-state index is 11.4. The van der Waals surface area contributed by atoms with Crippen molar-refractivity contribution in [2.45, 2.75) is 19.4 Å². The first-order chi connectivity index (χ1) is 16.0. The van der Waals surface area contributed by atoms with E-state index in [2.05, 4.69) is 9.88 Å². The molecule has 1 saturated heterocycles. The van der Waals surface area contributed by atoms with E-state index in [0.717, 1.165) is 47.6 Å². The van der Waals surface area contributed by atoms with Crippen LogP contribution >= 0.6 is 11.6 Å². The maximum Gasteiger partial charge on any atom is 0.217 e. The Morgan fingerprint density at radius 3 is 2.82 bits per heavy atom. The lowest BCUT2D eigenvalue weighted by molar-refractivity contribution is -0.118. The molecule has 1 aliphatic rings. The van der Waals surface area contributed by atoms with Gasteiger partial charge in [-0.3, -0.25) is 4.79 Å². The van der Waals surface area contributed by atoms with Gasteiger partial charge in [-0.2, -0.15) is 0 Å². The van der Waals surface area contributed by atoms with Crippen molar-refractivity contribution >= 4 is 34.4 Å². The number of halogens is 1. The standard InChI is InChI=1S/C25H24ClN5O2.H2/c26-18-7-4-8-20(12-18)33-15-19-13-21-24(28-19)29-23(17-5-2-1-3-6-17)30-25(21)31-10-9-16(14-31)11-22(27)32;/h1-8,12-13,16H,9-11,14-15H2,(H2,27,32)(H,28,29,30);1H. The molecule has 1 amide bonds. The molecule has 3 N–H and O–H groups in total. The highest BCUT2D eigenvalue weighted by molar-refractivity contribution is 6.30. The van der Waals surface area contributed by atoms with E-state index in [1.165, 1.54) is 0 Å².